The van der Waals surface area contributed by atoms with Gasteiger partial charge in [-0.3, -0.25) is 9.48 Å². The van der Waals surface area contributed by atoms with E-state index in [0.717, 1.165) is 11.1 Å². The fraction of sp³-hybridized carbons (Fsp3) is 0.250. The predicted molar refractivity (Wildman–Crippen MR) is 126 cm³/mol. The Morgan fingerprint density at radius 3 is 2.71 bits per heavy atom. The lowest BCUT2D eigenvalue weighted by Gasteiger charge is -2.10. The van der Waals surface area contributed by atoms with Crippen molar-refractivity contribution in [1.82, 2.24) is 40.2 Å². The van der Waals surface area contributed by atoms with E-state index in [9.17, 15) is 9.18 Å². The molecule has 35 heavy (non-hydrogen) atoms. The molecule has 0 saturated carbocycles. The smallest absolute Gasteiger partial charge is 0.292 e. The Kier molecular flexibility index (Phi) is 5.39. The number of amides is 1. The van der Waals surface area contributed by atoms with Crippen LogP contribution in [0.3, 0.4) is 0 Å². The summed E-state index contributed by atoms with van der Waals surface area (Å²) in [5, 5.41) is 10.5. The van der Waals surface area contributed by atoms with Crippen molar-refractivity contribution >= 4 is 17.1 Å². The van der Waals surface area contributed by atoms with Crippen LogP contribution in [0, 0.1) is 5.82 Å². The minimum Gasteiger partial charge on any atom is -0.345 e. The van der Waals surface area contributed by atoms with Crippen molar-refractivity contribution in [1.29, 1.82) is 0 Å². The second kappa shape index (κ2) is 8.42. The molecule has 1 amide bonds. The Morgan fingerprint density at radius 2 is 2.03 bits per heavy atom. The van der Waals surface area contributed by atoms with Gasteiger partial charge in [0, 0.05) is 42.5 Å². The molecular weight excluding hydrogens is 451 g/mol. The number of aromatic nitrogens is 7. The van der Waals surface area contributed by atoms with Gasteiger partial charge in [-0.15, -0.1) is 0 Å². The molecule has 2 N–H and O–H groups in total. The summed E-state index contributed by atoms with van der Waals surface area (Å²) >= 11 is 0. The normalized spacial score (nSPS) is 11.8. The number of nitrogens with zero attached hydrogens (tertiary/aromatic N) is 6. The van der Waals surface area contributed by atoms with Crippen LogP contribution in [-0.4, -0.2) is 40.8 Å². The molecule has 4 heterocycles. The maximum absolute atomic E-state index is 15.0. The van der Waals surface area contributed by atoms with Gasteiger partial charge in [-0.1, -0.05) is 38.1 Å². The molecule has 0 saturated heterocycles. The summed E-state index contributed by atoms with van der Waals surface area (Å²) in [7, 11) is 1.83. The molecule has 0 atom stereocenters. The number of rotatable bonds is 5. The molecule has 1 aromatic carbocycles. The lowest BCUT2D eigenvalue weighted by molar-refractivity contribution is 0.0937. The largest absolute Gasteiger partial charge is 0.345 e. The van der Waals surface area contributed by atoms with Crippen molar-refractivity contribution in [2.45, 2.75) is 32.7 Å². The number of fused-ring (bicyclic) bond motifs is 1. The number of benzene rings is 1. The first-order valence-corrected chi connectivity index (χ1v) is 10.9. The minimum absolute atomic E-state index is 0.0225. The highest BCUT2D eigenvalue weighted by Gasteiger charge is 2.24. The fourth-order valence-electron chi connectivity index (χ4n) is 3.56. The molecule has 5 aromatic rings. The number of nitrogens with one attached hydrogen (secondary N) is 2. The third kappa shape index (κ3) is 4.39. The monoisotopic (exact) mass is 474 g/mol. The predicted octanol–water partition coefficient (Wildman–Crippen LogP) is 3.78. The second-order valence-electron chi connectivity index (χ2n) is 9.21. The van der Waals surface area contributed by atoms with Crippen molar-refractivity contribution in [2.75, 3.05) is 0 Å². The van der Waals surface area contributed by atoms with E-state index in [2.05, 4.69) is 35.5 Å². The van der Waals surface area contributed by atoms with Crippen LogP contribution in [0.2, 0.25) is 0 Å². The van der Waals surface area contributed by atoms with Crippen LogP contribution in [-0.2, 0) is 19.0 Å². The molecule has 0 spiro atoms. The molecule has 178 valence electrons. The Labute approximate surface area is 199 Å². The van der Waals surface area contributed by atoms with Gasteiger partial charge < -0.3 is 14.8 Å². The maximum atomic E-state index is 15.0. The first-order valence-electron chi connectivity index (χ1n) is 10.9. The molecule has 0 radical (unpaired) electrons. The second-order valence-corrected chi connectivity index (χ2v) is 9.21. The third-order valence-corrected chi connectivity index (χ3v) is 5.44. The van der Waals surface area contributed by atoms with Gasteiger partial charge in [0.15, 0.2) is 5.65 Å². The van der Waals surface area contributed by atoms with Crippen LogP contribution in [0.15, 0.2) is 47.4 Å². The number of carbonyl (C=O) groups excluding carboxylic acids is 1. The van der Waals surface area contributed by atoms with Gasteiger partial charge in [-0.05, 0) is 17.7 Å². The molecular formula is C24H23FN8O2. The van der Waals surface area contributed by atoms with Gasteiger partial charge in [0.25, 0.3) is 11.7 Å². The SMILES string of the molecule is Cn1cc(-c2nc3nccc(-c4ccc(CNC(=O)c5noc(C(C)(C)C)n5)c(F)c4)c3[nH]2)cn1. The van der Waals surface area contributed by atoms with Crippen LogP contribution in [0.25, 0.3) is 33.7 Å². The van der Waals surface area contributed by atoms with E-state index in [0.29, 0.717) is 34.0 Å². The van der Waals surface area contributed by atoms with Gasteiger partial charge in [-0.2, -0.15) is 10.1 Å². The van der Waals surface area contributed by atoms with Crippen LogP contribution >= 0.6 is 0 Å². The molecule has 0 aliphatic carbocycles. The minimum atomic E-state index is -0.538. The fourth-order valence-corrected chi connectivity index (χ4v) is 3.56. The summed E-state index contributed by atoms with van der Waals surface area (Å²) in [6.07, 6.45) is 5.19. The van der Waals surface area contributed by atoms with E-state index in [1.54, 1.807) is 35.3 Å². The van der Waals surface area contributed by atoms with Gasteiger partial charge in [0.2, 0.25) is 5.89 Å². The quantitative estimate of drug-likeness (QED) is 0.397. The van der Waals surface area contributed by atoms with Crippen molar-refractivity contribution in [2.24, 2.45) is 7.05 Å². The van der Waals surface area contributed by atoms with Gasteiger partial charge in [0.05, 0.1) is 17.3 Å². The average Bonchev–Trinajstić information content (AvgIpc) is 3.56. The molecule has 4 aromatic heterocycles. The summed E-state index contributed by atoms with van der Waals surface area (Å²) < 4.78 is 21.8. The van der Waals surface area contributed by atoms with Crippen LogP contribution in [0.4, 0.5) is 4.39 Å². The number of imidazole rings is 1. The van der Waals surface area contributed by atoms with Gasteiger partial charge >= 0.3 is 0 Å². The molecule has 5 rings (SSSR count). The zero-order chi connectivity index (χ0) is 24.7. The molecule has 0 aliphatic heterocycles. The third-order valence-electron chi connectivity index (χ3n) is 5.44. The number of aromatic amines is 1. The maximum Gasteiger partial charge on any atom is 0.292 e. The zero-order valence-electron chi connectivity index (χ0n) is 19.6. The molecule has 0 fully saturated rings. The summed E-state index contributed by atoms with van der Waals surface area (Å²) in [5.41, 5.74) is 3.40. The van der Waals surface area contributed by atoms with E-state index in [4.69, 9.17) is 4.52 Å². The van der Waals surface area contributed by atoms with Gasteiger partial charge in [0.1, 0.15) is 11.6 Å². The summed E-state index contributed by atoms with van der Waals surface area (Å²) in [6.45, 7) is 5.68. The van der Waals surface area contributed by atoms with E-state index < -0.39 is 11.7 Å². The Bertz CT molecular complexity index is 1540. The van der Waals surface area contributed by atoms with Gasteiger partial charge in [-0.25, -0.2) is 14.4 Å². The highest BCUT2D eigenvalue weighted by molar-refractivity contribution is 5.91. The van der Waals surface area contributed by atoms with E-state index in [1.807, 2.05) is 34.0 Å². The van der Waals surface area contributed by atoms with Crippen molar-refractivity contribution in [3.05, 3.63) is 66.0 Å². The number of carbonyl (C=O) groups is 1. The molecule has 11 heteroatoms. The van der Waals surface area contributed by atoms with E-state index in [1.165, 1.54) is 6.07 Å². The Morgan fingerprint density at radius 1 is 1.20 bits per heavy atom. The lowest BCUT2D eigenvalue weighted by Crippen LogP contribution is -2.24. The number of halogens is 1. The average molecular weight is 475 g/mol. The molecule has 0 unspecified atom stereocenters. The number of H-pyrrole nitrogens is 1. The summed E-state index contributed by atoms with van der Waals surface area (Å²) in [4.78, 5) is 28.6. The van der Waals surface area contributed by atoms with Crippen LogP contribution < -0.4 is 5.32 Å². The Hall–Kier alpha value is -4.41. The number of pyridine rings is 1. The standard InChI is InChI=1S/C24H23FN8O2/c1-24(2,3)23-31-21(32-35-23)22(34)27-10-14-6-5-13(9-17(14)25)16-7-8-26-20-18(16)29-19(30-20)15-11-28-33(4)12-15/h5-9,11-12H,10H2,1-4H3,(H,27,34)(H,26,29,30). The highest BCUT2D eigenvalue weighted by atomic mass is 19.1. The first-order chi connectivity index (χ1) is 16.7. The van der Waals surface area contributed by atoms with E-state index >= 15 is 0 Å². The molecule has 0 aliphatic rings. The number of aryl methyl sites for hydroxylation is 1. The Balaban J connectivity index is 1.36. The van der Waals surface area contributed by atoms with Crippen molar-refractivity contribution in [3.63, 3.8) is 0 Å². The summed E-state index contributed by atoms with van der Waals surface area (Å²) in [5.74, 6) is -0.0988. The number of hydrogen-bond acceptors (Lipinski definition) is 7. The van der Waals surface area contributed by atoms with Crippen molar-refractivity contribution in [3.8, 4) is 22.5 Å². The topological polar surface area (TPSA) is 127 Å². The lowest BCUT2D eigenvalue weighted by atomic mass is 9.97. The van der Waals surface area contributed by atoms with Crippen molar-refractivity contribution < 1.29 is 13.7 Å². The van der Waals surface area contributed by atoms with Crippen LogP contribution in [0.5, 0.6) is 0 Å². The highest BCUT2D eigenvalue weighted by Crippen LogP contribution is 2.29. The van der Waals surface area contributed by atoms with Crippen LogP contribution in [0.1, 0.15) is 42.8 Å². The number of hydrogen-bond donors (Lipinski definition) is 2. The molecule has 0 bridgehead atoms. The summed E-state index contributed by atoms with van der Waals surface area (Å²) in [6, 6.07) is 6.64. The first kappa shape index (κ1) is 22.4. The van der Waals surface area contributed by atoms with E-state index in [-0.39, 0.29) is 17.8 Å². The zero-order valence-corrected chi connectivity index (χ0v) is 19.6. The molecule has 10 nitrogen and oxygen atoms in total.